The van der Waals surface area contributed by atoms with Gasteiger partial charge in [0.2, 0.25) is 5.91 Å². The number of halogens is 4. The summed E-state index contributed by atoms with van der Waals surface area (Å²) in [4.78, 5) is 28.1. The van der Waals surface area contributed by atoms with E-state index < -0.39 is 11.7 Å². The largest absolute Gasteiger partial charge is 0.416 e. The number of rotatable bonds is 6. The topological polar surface area (TPSA) is 71.1 Å². The lowest BCUT2D eigenvalue weighted by atomic mass is 10.1. The van der Waals surface area contributed by atoms with Gasteiger partial charge in [-0.1, -0.05) is 23.7 Å². The van der Waals surface area contributed by atoms with E-state index in [1.165, 1.54) is 19.2 Å². The molecule has 10 heteroatoms. The first-order valence-electron chi connectivity index (χ1n) is 9.07. The number of nitrogens with one attached hydrogen (secondary N) is 2. The number of alkyl halides is 3. The molecule has 5 nitrogen and oxygen atoms in total. The summed E-state index contributed by atoms with van der Waals surface area (Å²) in [6, 6.07) is 9.89. The quantitative estimate of drug-likeness (QED) is 0.517. The molecule has 0 atom stereocenters. The Morgan fingerprint density at radius 2 is 1.84 bits per heavy atom. The number of benzene rings is 2. The van der Waals surface area contributed by atoms with Crippen LogP contribution in [-0.4, -0.2) is 16.8 Å². The fourth-order valence-corrected chi connectivity index (χ4v) is 3.71. The van der Waals surface area contributed by atoms with Crippen LogP contribution in [0, 0.1) is 0 Å². The number of nitrogens with zero attached hydrogens (tertiary/aromatic N) is 1. The summed E-state index contributed by atoms with van der Waals surface area (Å²) in [7, 11) is 0. The normalized spacial score (nSPS) is 11.3. The molecule has 0 aliphatic rings. The SMILES string of the molecule is CC(=O)NCc1ccc(C(=O)Nc2ncc(Cc3cc(C(F)(F)F)ccc3Cl)s2)cc1. The van der Waals surface area contributed by atoms with E-state index in [0.717, 1.165) is 29.0 Å². The molecule has 3 rings (SSSR count). The molecule has 0 fully saturated rings. The first kappa shape index (κ1) is 22.8. The lowest BCUT2D eigenvalue weighted by Crippen LogP contribution is -2.19. The maximum Gasteiger partial charge on any atom is 0.416 e. The maximum atomic E-state index is 12.9. The summed E-state index contributed by atoms with van der Waals surface area (Å²) in [5.74, 6) is -0.517. The molecule has 1 heterocycles. The predicted molar refractivity (Wildman–Crippen MR) is 113 cm³/mol. The summed E-state index contributed by atoms with van der Waals surface area (Å²) < 4.78 is 38.8. The van der Waals surface area contributed by atoms with Crippen molar-refractivity contribution in [3.63, 3.8) is 0 Å². The van der Waals surface area contributed by atoms with Crippen LogP contribution in [0.5, 0.6) is 0 Å². The zero-order chi connectivity index (χ0) is 22.6. The molecule has 0 saturated heterocycles. The van der Waals surface area contributed by atoms with E-state index in [-0.39, 0.29) is 23.3 Å². The van der Waals surface area contributed by atoms with Crippen molar-refractivity contribution in [2.24, 2.45) is 0 Å². The molecule has 2 N–H and O–H groups in total. The molecule has 0 radical (unpaired) electrons. The second-order valence-corrected chi connectivity index (χ2v) is 8.20. The molecule has 31 heavy (non-hydrogen) atoms. The fraction of sp³-hybridized carbons (Fsp3) is 0.190. The van der Waals surface area contributed by atoms with Gasteiger partial charge in [-0.25, -0.2) is 4.98 Å². The molecule has 0 spiro atoms. The van der Waals surface area contributed by atoms with Gasteiger partial charge in [-0.3, -0.25) is 14.9 Å². The summed E-state index contributed by atoms with van der Waals surface area (Å²) in [6.07, 6.45) is -2.80. The third-order valence-electron chi connectivity index (χ3n) is 4.27. The molecule has 1 aromatic heterocycles. The van der Waals surface area contributed by atoms with Gasteiger partial charge in [0.05, 0.1) is 5.56 Å². The van der Waals surface area contributed by atoms with Crippen molar-refractivity contribution in [1.29, 1.82) is 0 Å². The van der Waals surface area contributed by atoms with Crippen molar-refractivity contribution >= 4 is 39.9 Å². The Balaban J connectivity index is 1.65. The zero-order valence-electron chi connectivity index (χ0n) is 16.2. The minimum Gasteiger partial charge on any atom is -0.352 e. The van der Waals surface area contributed by atoms with Crippen LogP contribution in [-0.2, 0) is 23.9 Å². The minimum atomic E-state index is -4.45. The second kappa shape index (κ2) is 9.49. The van der Waals surface area contributed by atoms with E-state index in [1.54, 1.807) is 24.3 Å². The Labute approximate surface area is 185 Å². The van der Waals surface area contributed by atoms with Gasteiger partial charge < -0.3 is 5.32 Å². The molecular weight excluding hydrogens is 451 g/mol. The van der Waals surface area contributed by atoms with Crippen molar-refractivity contribution in [1.82, 2.24) is 10.3 Å². The molecule has 162 valence electrons. The number of anilines is 1. The lowest BCUT2D eigenvalue weighted by Gasteiger charge is -2.09. The first-order valence-corrected chi connectivity index (χ1v) is 10.3. The van der Waals surface area contributed by atoms with E-state index in [2.05, 4.69) is 15.6 Å². The summed E-state index contributed by atoms with van der Waals surface area (Å²) >= 11 is 7.20. The van der Waals surface area contributed by atoms with Crippen molar-refractivity contribution in [3.05, 3.63) is 80.8 Å². The van der Waals surface area contributed by atoms with Gasteiger partial charge in [0.1, 0.15) is 0 Å². The molecule has 2 amide bonds. The third kappa shape index (κ3) is 6.28. The van der Waals surface area contributed by atoms with Gasteiger partial charge in [-0.05, 0) is 41.5 Å². The highest BCUT2D eigenvalue weighted by molar-refractivity contribution is 7.15. The number of hydrogen-bond donors (Lipinski definition) is 2. The average Bonchev–Trinajstić information content (AvgIpc) is 3.14. The van der Waals surface area contributed by atoms with Crippen molar-refractivity contribution < 1.29 is 22.8 Å². The van der Waals surface area contributed by atoms with E-state index in [1.807, 2.05) is 0 Å². The first-order chi connectivity index (χ1) is 14.6. The number of thiazole rings is 1. The number of carbonyl (C=O) groups excluding carboxylic acids is 2. The third-order valence-corrected chi connectivity index (χ3v) is 5.55. The Hall–Kier alpha value is -2.91. The van der Waals surface area contributed by atoms with E-state index >= 15 is 0 Å². The van der Waals surface area contributed by atoms with Crippen molar-refractivity contribution in [2.45, 2.75) is 26.1 Å². The summed E-state index contributed by atoms with van der Waals surface area (Å²) in [6.45, 7) is 1.79. The monoisotopic (exact) mass is 467 g/mol. The fourth-order valence-electron chi connectivity index (χ4n) is 2.69. The second-order valence-electron chi connectivity index (χ2n) is 6.67. The van der Waals surface area contributed by atoms with Crippen LogP contribution in [0.25, 0.3) is 0 Å². The highest BCUT2D eigenvalue weighted by atomic mass is 35.5. The van der Waals surface area contributed by atoms with E-state index in [9.17, 15) is 22.8 Å². The van der Waals surface area contributed by atoms with Gasteiger partial charge >= 0.3 is 6.18 Å². The van der Waals surface area contributed by atoms with Gasteiger partial charge in [-0.15, -0.1) is 11.3 Å². The molecule has 0 bridgehead atoms. The minimum absolute atomic E-state index is 0.146. The molecule has 2 aromatic carbocycles. The Morgan fingerprint density at radius 1 is 1.13 bits per heavy atom. The molecule has 3 aromatic rings. The van der Waals surface area contributed by atoms with Crippen molar-refractivity contribution in [3.8, 4) is 0 Å². The van der Waals surface area contributed by atoms with Crippen LogP contribution >= 0.6 is 22.9 Å². The van der Waals surface area contributed by atoms with Crippen LogP contribution in [0.15, 0.2) is 48.7 Å². The summed E-state index contributed by atoms with van der Waals surface area (Å²) in [5.41, 5.74) is 0.810. The molecule has 0 aliphatic heterocycles. The van der Waals surface area contributed by atoms with Crippen LogP contribution in [0.2, 0.25) is 5.02 Å². The lowest BCUT2D eigenvalue weighted by molar-refractivity contribution is -0.137. The summed E-state index contributed by atoms with van der Waals surface area (Å²) in [5, 5.41) is 5.89. The number of carbonyl (C=O) groups is 2. The molecular formula is C21H17ClF3N3O2S. The highest BCUT2D eigenvalue weighted by Crippen LogP contribution is 2.33. The van der Waals surface area contributed by atoms with E-state index in [0.29, 0.717) is 27.7 Å². The Bertz CT molecular complexity index is 1100. The van der Waals surface area contributed by atoms with E-state index in [4.69, 9.17) is 11.6 Å². The molecule has 0 aliphatic carbocycles. The smallest absolute Gasteiger partial charge is 0.352 e. The highest BCUT2D eigenvalue weighted by Gasteiger charge is 2.30. The zero-order valence-corrected chi connectivity index (χ0v) is 17.8. The number of hydrogen-bond acceptors (Lipinski definition) is 4. The van der Waals surface area contributed by atoms with Crippen LogP contribution in [0.1, 0.15) is 38.8 Å². The Morgan fingerprint density at radius 3 is 2.48 bits per heavy atom. The van der Waals surface area contributed by atoms with Crippen LogP contribution in [0.4, 0.5) is 18.3 Å². The standard InChI is InChI=1S/C21H17ClF3N3O2S/c1-12(29)26-10-13-2-4-14(5-3-13)19(30)28-20-27-11-17(31-20)9-15-8-16(21(23,24)25)6-7-18(15)22/h2-8,11H,9-10H2,1H3,(H,26,29)(H,27,28,30). The number of aromatic nitrogens is 1. The van der Waals surface area contributed by atoms with Crippen molar-refractivity contribution in [2.75, 3.05) is 5.32 Å². The van der Waals surface area contributed by atoms with Crippen LogP contribution < -0.4 is 10.6 Å². The van der Waals surface area contributed by atoms with Gasteiger partial charge in [0, 0.05) is 41.5 Å². The van der Waals surface area contributed by atoms with Crippen LogP contribution in [0.3, 0.4) is 0 Å². The van der Waals surface area contributed by atoms with Gasteiger partial charge in [-0.2, -0.15) is 13.2 Å². The van der Waals surface area contributed by atoms with Gasteiger partial charge in [0.25, 0.3) is 5.91 Å². The predicted octanol–water partition coefficient (Wildman–Crippen LogP) is 5.29. The maximum absolute atomic E-state index is 12.9. The number of amides is 2. The molecule has 0 saturated carbocycles. The van der Waals surface area contributed by atoms with Gasteiger partial charge in [0.15, 0.2) is 5.13 Å². The average molecular weight is 468 g/mol. The Kier molecular flexibility index (Phi) is 6.97. The molecule has 0 unspecified atom stereocenters.